The number of aromatic nitrogens is 3. The zero-order chi connectivity index (χ0) is 15.8. The van der Waals surface area contributed by atoms with Crippen LogP contribution in [0.25, 0.3) is 5.82 Å². The summed E-state index contributed by atoms with van der Waals surface area (Å²) in [6.07, 6.45) is 6.79. The van der Waals surface area contributed by atoms with Crippen LogP contribution in [-0.4, -0.2) is 33.4 Å². The number of unbranched alkanes of at least 4 members (excludes halogenated alkanes) is 1. The van der Waals surface area contributed by atoms with E-state index in [9.17, 15) is 4.79 Å². The number of nitrogens with zero attached hydrogens (tertiary/aromatic N) is 3. The second-order valence-electron chi connectivity index (χ2n) is 5.02. The maximum atomic E-state index is 12.0. The minimum absolute atomic E-state index is 0.119. The van der Waals surface area contributed by atoms with Crippen LogP contribution in [0.4, 0.5) is 0 Å². The highest BCUT2D eigenvalue weighted by Crippen LogP contribution is 2.10. The van der Waals surface area contributed by atoms with Gasteiger partial charge < -0.3 is 10.1 Å². The molecule has 0 aromatic carbocycles. The summed E-state index contributed by atoms with van der Waals surface area (Å²) in [5.41, 5.74) is 0.903. The van der Waals surface area contributed by atoms with E-state index in [2.05, 4.69) is 22.3 Å². The van der Waals surface area contributed by atoms with Gasteiger partial charge in [-0.05, 0) is 25.5 Å². The molecule has 1 unspecified atom stereocenters. The summed E-state index contributed by atoms with van der Waals surface area (Å²) in [6.45, 7) is 4.86. The maximum absolute atomic E-state index is 12.0. The van der Waals surface area contributed by atoms with Gasteiger partial charge in [0.05, 0.1) is 0 Å². The highest BCUT2D eigenvalue weighted by atomic mass is 16.5. The number of amides is 1. The Kier molecular flexibility index (Phi) is 6.09. The summed E-state index contributed by atoms with van der Waals surface area (Å²) in [4.78, 5) is 16.4. The molecule has 1 N–H and O–H groups in total. The molecule has 2 aromatic heterocycles. The summed E-state index contributed by atoms with van der Waals surface area (Å²) in [5.74, 6) is 0.596. The molecule has 0 spiro atoms. The van der Waals surface area contributed by atoms with E-state index in [0.717, 1.165) is 18.4 Å². The topological polar surface area (TPSA) is 69.0 Å². The molecule has 0 radical (unpaired) electrons. The van der Waals surface area contributed by atoms with E-state index in [1.807, 2.05) is 24.4 Å². The third-order valence-electron chi connectivity index (χ3n) is 3.28. The molecule has 1 amide bonds. The summed E-state index contributed by atoms with van der Waals surface area (Å²) < 4.78 is 7.17. The van der Waals surface area contributed by atoms with Gasteiger partial charge in [-0.15, -0.1) is 0 Å². The Morgan fingerprint density at radius 2 is 2.27 bits per heavy atom. The quantitative estimate of drug-likeness (QED) is 0.758. The highest BCUT2D eigenvalue weighted by molar-refractivity contribution is 5.80. The van der Waals surface area contributed by atoms with Crippen LogP contribution in [0.2, 0.25) is 0 Å². The lowest BCUT2D eigenvalue weighted by atomic mass is 10.2. The average molecular weight is 302 g/mol. The van der Waals surface area contributed by atoms with Crippen LogP contribution in [-0.2, 0) is 16.1 Å². The summed E-state index contributed by atoms with van der Waals surface area (Å²) in [6, 6.07) is 5.60. The highest BCUT2D eigenvalue weighted by Gasteiger charge is 2.14. The molecule has 2 aromatic rings. The summed E-state index contributed by atoms with van der Waals surface area (Å²) in [7, 11) is 0. The van der Waals surface area contributed by atoms with Gasteiger partial charge in [0.15, 0.2) is 5.82 Å². The molecular formula is C16H22N4O2. The van der Waals surface area contributed by atoms with Crippen LogP contribution in [0.5, 0.6) is 0 Å². The van der Waals surface area contributed by atoms with Crippen LogP contribution in [0, 0.1) is 0 Å². The van der Waals surface area contributed by atoms with E-state index >= 15 is 0 Å². The number of pyridine rings is 1. The Morgan fingerprint density at radius 3 is 3.00 bits per heavy atom. The van der Waals surface area contributed by atoms with Crippen LogP contribution >= 0.6 is 0 Å². The van der Waals surface area contributed by atoms with Crippen molar-refractivity contribution in [1.82, 2.24) is 20.1 Å². The van der Waals surface area contributed by atoms with E-state index in [0.29, 0.717) is 19.0 Å². The first-order valence-corrected chi connectivity index (χ1v) is 7.55. The molecule has 0 saturated heterocycles. The molecule has 2 rings (SSSR count). The molecule has 6 heteroatoms. The fraction of sp³-hybridized carbons (Fsp3) is 0.438. The van der Waals surface area contributed by atoms with Gasteiger partial charge in [-0.1, -0.05) is 19.4 Å². The monoisotopic (exact) mass is 302 g/mol. The molecule has 6 nitrogen and oxygen atoms in total. The summed E-state index contributed by atoms with van der Waals surface area (Å²) >= 11 is 0. The standard InChI is InChI=1S/C16H22N4O2/c1-3-4-11-22-13(2)16(21)18-12-14-7-5-8-17-15(14)20-10-6-9-19-20/h5-10,13H,3-4,11-12H2,1-2H3,(H,18,21). The van der Waals surface area contributed by atoms with Crippen molar-refractivity contribution in [3.05, 3.63) is 42.4 Å². The van der Waals surface area contributed by atoms with Gasteiger partial charge in [-0.25, -0.2) is 9.67 Å². The van der Waals surface area contributed by atoms with Crippen molar-refractivity contribution in [3.8, 4) is 5.82 Å². The molecule has 0 aliphatic carbocycles. The molecule has 1 atom stereocenters. The van der Waals surface area contributed by atoms with E-state index in [4.69, 9.17) is 4.74 Å². The average Bonchev–Trinajstić information content (AvgIpc) is 3.07. The third kappa shape index (κ3) is 4.39. The number of rotatable bonds is 8. The van der Waals surface area contributed by atoms with Crippen molar-refractivity contribution >= 4 is 5.91 Å². The van der Waals surface area contributed by atoms with Gasteiger partial charge in [0.25, 0.3) is 0 Å². The number of hydrogen-bond donors (Lipinski definition) is 1. The molecule has 0 fully saturated rings. The van der Waals surface area contributed by atoms with Gasteiger partial charge in [-0.3, -0.25) is 4.79 Å². The molecular weight excluding hydrogens is 280 g/mol. The normalized spacial score (nSPS) is 12.1. The minimum Gasteiger partial charge on any atom is -0.369 e. The first kappa shape index (κ1) is 16.2. The van der Waals surface area contributed by atoms with Gasteiger partial charge in [-0.2, -0.15) is 5.10 Å². The Bertz CT molecular complexity index is 584. The van der Waals surface area contributed by atoms with Crippen molar-refractivity contribution in [2.45, 2.75) is 39.3 Å². The van der Waals surface area contributed by atoms with E-state index in [-0.39, 0.29) is 5.91 Å². The predicted molar refractivity (Wildman–Crippen MR) is 83.5 cm³/mol. The van der Waals surface area contributed by atoms with Gasteiger partial charge in [0, 0.05) is 37.3 Å². The van der Waals surface area contributed by atoms with Crippen molar-refractivity contribution < 1.29 is 9.53 Å². The molecule has 2 heterocycles. The van der Waals surface area contributed by atoms with Crippen LogP contribution in [0.3, 0.4) is 0 Å². The van der Waals surface area contributed by atoms with E-state index in [1.54, 1.807) is 24.0 Å². The number of hydrogen-bond acceptors (Lipinski definition) is 4. The largest absolute Gasteiger partial charge is 0.369 e. The molecule has 0 aliphatic heterocycles. The zero-order valence-corrected chi connectivity index (χ0v) is 13.0. The van der Waals surface area contributed by atoms with Crippen LogP contribution < -0.4 is 5.32 Å². The van der Waals surface area contributed by atoms with Gasteiger partial charge in [0.2, 0.25) is 5.91 Å². The second-order valence-corrected chi connectivity index (χ2v) is 5.02. The van der Waals surface area contributed by atoms with Crippen molar-refractivity contribution in [3.63, 3.8) is 0 Å². The first-order chi connectivity index (χ1) is 10.7. The first-order valence-electron chi connectivity index (χ1n) is 7.55. The zero-order valence-electron chi connectivity index (χ0n) is 13.0. The lowest BCUT2D eigenvalue weighted by Gasteiger charge is -2.14. The van der Waals surface area contributed by atoms with Crippen LogP contribution in [0.15, 0.2) is 36.8 Å². The molecule has 0 bridgehead atoms. The maximum Gasteiger partial charge on any atom is 0.249 e. The number of carbonyl (C=O) groups is 1. The Hall–Kier alpha value is -2.21. The van der Waals surface area contributed by atoms with Gasteiger partial charge in [0.1, 0.15) is 6.10 Å². The molecule has 22 heavy (non-hydrogen) atoms. The second kappa shape index (κ2) is 8.29. The number of nitrogens with one attached hydrogen (secondary N) is 1. The SMILES string of the molecule is CCCCOC(C)C(=O)NCc1cccnc1-n1cccn1. The van der Waals surface area contributed by atoms with Crippen LogP contribution in [0.1, 0.15) is 32.3 Å². The molecule has 118 valence electrons. The third-order valence-corrected chi connectivity index (χ3v) is 3.28. The Balaban J connectivity index is 1.93. The fourth-order valence-electron chi connectivity index (χ4n) is 1.97. The number of carbonyl (C=O) groups excluding carboxylic acids is 1. The van der Waals surface area contributed by atoms with Crippen molar-refractivity contribution in [1.29, 1.82) is 0 Å². The molecule has 0 saturated carbocycles. The Morgan fingerprint density at radius 1 is 1.41 bits per heavy atom. The molecule has 0 aliphatic rings. The lowest BCUT2D eigenvalue weighted by Crippen LogP contribution is -2.34. The van der Waals surface area contributed by atoms with Gasteiger partial charge >= 0.3 is 0 Å². The lowest BCUT2D eigenvalue weighted by molar-refractivity contribution is -0.131. The van der Waals surface area contributed by atoms with E-state index in [1.165, 1.54) is 0 Å². The van der Waals surface area contributed by atoms with Crippen molar-refractivity contribution in [2.75, 3.05) is 6.61 Å². The Labute approximate surface area is 130 Å². The minimum atomic E-state index is -0.448. The summed E-state index contributed by atoms with van der Waals surface area (Å²) in [5, 5.41) is 7.06. The smallest absolute Gasteiger partial charge is 0.249 e. The number of ether oxygens (including phenoxy) is 1. The van der Waals surface area contributed by atoms with E-state index < -0.39 is 6.10 Å². The fourth-order valence-corrected chi connectivity index (χ4v) is 1.97. The van der Waals surface area contributed by atoms with Crippen molar-refractivity contribution in [2.24, 2.45) is 0 Å². The predicted octanol–water partition coefficient (Wildman–Crippen LogP) is 2.09.